The molecule has 5 nitrogen and oxygen atoms in total. The Morgan fingerprint density at radius 3 is 1.85 bits per heavy atom. The van der Waals surface area contributed by atoms with Crippen LogP contribution in [0.25, 0.3) is 0 Å². The van der Waals surface area contributed by atoms with Gasteiger partial charge in [0, 0.05) is 31.2 Å². The maximum Gasteiger partial charge on any atom is 0.227 e. The minimum atomic E-state index is 0.418. The predicted molar refractivity (Wildman–Crippen MR) is 145 cm³/mol. The highest BCUT2D eigenvalue weighted by molar-refractivity contribution is 5.52. The lowest BCUT2D eigenvalue weighted by Crippen LogP contribution is -2.45. The highest BCUT2D eigenvalue weighted by Crippen LogP contribution is 2.14. The molecule has 0 amide bonds. The summed E-state index contributed by atoms with van der Waals surface area (Å²) >= 11 is 0. The SMILES string of the molecule is CCCCCCCCCCCCCN1CC(C)OC(C)C1.c1ccc(Nc2ncccn2)cc1. The van der Waals surface area contributed by atoms with E-state index in [1.807, 2.05) is 30.3 Å². The summed E-state index contributed by atoms with van der Waals surface area (Å²) in [6, 6.07) is 11.6. The highest BCUT2D eigenvalue weighted by Gasteiger charge is 2.21. The lowest BCUT2D eigenvalue weighted by molar-refractivity contribution is -0.0681. The van der Waals surface area contributed by atoms with E-state index >= 15 is 0 Å². The molecule has 0 spiro atoms. The molecule has 1 fully saturated rings. The van der Waals surface area contributed by atoms with Gasteiger partial charge in [0.1, 0.15) is 0 Å². The average Bonchev–Trinajstić information content (AvgIpc) is 2.84. The fourth-order valence-corrected chi connectivity index (χ4v) is 4.48. The van der Waals surface area contributed by atoms with Crippen LogP contribution < -0.4 is 5.32 Å². The number of nitrogens with one attached hydrogen (secondary N) is 1. The summed E-state index contributed by atoms with van der Waals surface area (Å²) < 4.78 is 5.78. The molecule has 1 N–H and O–H groups in total. The second kappa shape index (κ2) is 18.4. The van der Waals surface area contributed by atoms with Crippen molar-refractivity contribution in [2.24, 2.45) is 0 Å². The van der Waals surface area contributed by atoms with Gasteiger partial charge in [-0.15, -0.1) is 0 Å². The molecule has 3 rings (SSSR count). The Kier molecular flexibility index (Phi) is 15.3. The van der Waals surface area contributed by atoms with Crippen LogP contribution in [0.4, 0.5) is 11.6 Å². The number of para-hydroxylation sites is 1. The summed E-state index contributed by atoms with van der Waals surface area (Å²) in [5.74, 6) is 0.619. The van der Waals surface area contributed by atoms with Gasteiger partial charge < -0.3 is 10.1 Å². The van der Waals surface area contributed by atoms with Crippen LogP contribution >= 0.6 is 0 Å². The third-order valence-electron chi connectivity index (χ3n) is 6.17. The first kappa shape index (κ1) is 28.3. The summed E-state index contributed by atoms with van der Waals surface area (Å²) in [6.45, 7) is 10.2. The minimum Gasteiger partial charge on any atom is -0.373 e. The zero-order chi connectivity index (χ0) is 24.3. The molecule has 2 atom stereocenters. The van der Waals surface area contributed by atoms with Gasteiger partial charge in [0.2, 0.25) is 5.95 Å². The smallest absolute Gasteiger partial charge is 0.227 e. The van der Waals surface area contributed by atoms with Crippen molar-refractivity contribution in [3.05, 3.63) is 48.8 Å². The van der Waals surface area contributed by atoms with Crippen LogP contribution in [0, 0.1) is 0 Å². The van der Waals surface area contributed by atoms with Gasteiger partial charge in [-0.2, -0.15) is 0 Å². The first-order valence-electron chi connectivity index (χ1n) is 13.6. The summed E-state index contributed by atoms with van der Waals surface area (Å²) in [7, 11) is 0. The van der Waals surface area contributed by atoms with E-state index < -0.39 is 0 Å². The van der Waals surface area contributed by atoms with E-state index in [0.29, 0.717) is 18.2 Å². The molecule has 190 valence electrons. The van der Waals surface area contributed by atoms with Gasteiger partial charge >= 0.3 is 0 Å². The molecular formula is C29H48N4O. The Hall–Kier alpha value is -1.98. The Morgan fingerprint density at radius 1 is 0.765 bits per heavy atom. The molecule has 1 aliphatic heterocycles. The molecule has 0 radical (unpaired) electrons. The lowest BCUT2D eigenvalue weighted by Gasteiger charge is -2.35. The number of hydrogen-bond acceptors (Lipinski definition) is 5. The molecule has 1 aromatic carbocycles. The van der Waals surface area contributed by atoms with Gasteiger partial charge in [-0.05, 0) is 45.0 Å². The molecule has 1 aliphatic rings. The van der Waals surface area contributed by atoms with Crippen LogP contribution in [0.1, 0.15) is 91.4 Å². The van der Waals surface area contributed by atoms with Crippen LogP contribution in [0.2, 0.25) is 0 Å². The van der Waals surface area contributed by atoms with Crippen molar-refractivity contribution in [2.45, 2.75) is 104 Å². The molecule has 34 heavy (non-hydrogen) atoms. The van der Waals surface area contributed by atoms with Gasteiger partial charge in [0.15, 0.2) is 0 Å². The number of benzene rings is 1. The van der Waals surface area contributed by atoms with E-state index in [4.69, 9.17) is 4.74 Å². The molecule has 5 heteroatoms. The van der Waals surface area contributed by atoms with E-state index in [1.54, 1.807) is 18.5 Å². The summed E-state index contributed by atoms with van der Waals surface area (Å²) in [5, 5.41) is 3.08. The first-order chi connectivity index (χ1) is 16.7. The Balaban J connectivity index is 0.000000266. The van der Waals surface area contributed by atoms with Crippen LogP contribution in [-0.2, 0) is 4.74 Å². The van der Waals surface area contributed by atoms with Crippen molar-refractivity contribution in [3.8, 4) is 0 Å². The molecule has 0 aliphatic carbocycles. The fourth-order valence-electron chi connectivity index (χ4n) is 4.48. The van der Waals surface area contributed by atoms with Crippen molar-refractivity contribution in [1.82, 2.24) is 14.9 Å². The van der Waals surface area contributed by atoms with Gasteiger partial charge in [-0.3, -0.25) is 4.90 Å². The molecule has 2 aromatic rings. The van der Waals surface area contributed by atoms with E-state index in [-0.39, 0.29) is 0 Å². The third-order valence-corrected chi connectivity index (χ3v) is 6.17. The molecule has 1 saturated heterocycles. The average molecular weight is 469 g/mol. The predicted octanol–water partition coefficient (Wildman–Crippen LogP) is 7.63. The molecule has 1 aromatic heterocycles. The lowest BCUT2D eigenvalue weighted by atomic mass is 10.1. The van der Waals surface area contributed by atoms with Crippen molar-refractivity contribution in [3.63, 3.8) is 0 Å². The zero-order valence-corrected chi connectivity index (χ0v) is 21.9. The number of unbranched alkanes of at least 4 members (excludes halogenated alkanes) is 10. The zero-order valence-electron chi connectivity index (χ0n) is 21.9. The van der Waals surface area contributed by atoms with Crippen molar-refractivity contribution >= 4 is 11.6 Å². The van der Waals surface area contributed by atoms with E-state index in [9.17, 15) is 0 Å². The fraction of sp³-hybridized carbons (Fsp3) is 0.655. The van der Waals surface area contributed by atoms with Gasteiger partial charge in [-0.1, -0.05) is 89.3 Å². The molecule has 0 saturated carbocycles. The van der Waals surface area contributed by atoms with Crippen molar-refractivity contribution in [2.75, 3.05) is 25.0 Å². The van der Waals surface area contributed by atoms with Gasteiger partial charge in [-0.25, -0.2) is 9.97 Å². The first-order valence-corrected chi connectivity index (χ1v) is 13.6. The second-order valence-corrected chi connectivity index (χ2v) is 9.62. The quantitative estimate of drug-likeness (QED) is 0.289. The summed E-state index contributed by atoms with van der Waals surface area (Å²) in [5.41, 5.74) is 0.994. The molecule has 0 bridgehead atoms. The van der Waals surface area contributed by atoms with Crippen molar-refractivity contribution in [1.29, 1.82) is 0 Å². The maximum absolute atomic E-state index is 5.78. The Labute approximate surface area is 208 Å². The van der Waals surface area contributed by atoms with E-state index in [1.165, 1.54) is 77.2 Å². The van der Waals surface area contributed by atoms with Crippen LogP contribution in [0.15, 0.2) is 48.8 Å². The Morgan fingerprint density at radius 2 is 1.29 bits per heavy atom. The number of morpholine rings is 1. The number of ether oxygens (including phenoxy) is 1. The van der Waals surface area contributed by atoms with Crippen LogP contribution in [0.3, 0.4) is 0 Å². The van der Waals surface area contributed by atoms with Gasteiger partial charge in [0.05, 0.1) is 12.2 Å². The number of aromatic nitrogens is 2. The highest BCUT2D eigenvalue weighted by atomic mass is 16.5. The van der Waals surface area contributed by atoms with E-state index in [0.717, 1.165) is 18.8 Å². The minimum absolute atomic E-state index is 0.418. The second-order valence-electron chi connectivity index (χ2n) is 9.62. The molecule has 2 unspecified atom stereocenters. The largest absolute Gasteiger partial charge is 0.373 e. The van der Waals surface area contributed by atoms with Gasteiger partial charge in [0.25, 0.3) is 0 Å². The summed E-state index contributed by atoms with van der Waals surface area (Å²) in [4.78, 5) is 10.7. The number of nitrogens with zero attached hydrogens (tertiary/aromatic N) is 3. The number of anilines is 2. The molecular weight excluding hydrogens is 420 g/mol. The standard InChI is InChI=1S/C19H39NO.C10H9N3/c1-4-5-6-7-8-9-10-11-12-13-14-15-20-16-18(2)21-19(3)17-20;1-2-5-9(6-3-1)13-10-11-7-4-8-12-10/h18-19H,4-17H2,1-3H3;1-8H,(H,11,12,13). The maximum atomic E-state index is 5.78. The van der Waals surface area contributed by atoms with Crippen LogP contribution in [-0.4, -0.2) is 46.7 Å². The van der Waals surface area contributed by atoms with Crippen molar-refractivity contribution < 1.29 is 4.74 Å². The number of hydrogen-bond donors (Lipinski definition) is 1. The monoisotopic (exact) mass is 468 g/mol. The normalized spacial score (nSPS) is 18.2. The Bertz CT molecular complexity index is 665. The van der Waals surface area contributed by atoms with E-state index in [2.05, 4.69) is 41.0 Å². The summed E-state index contributed by atoms with van der Waals surface area (Å²) in [6.07, 6.45) is 20.0. The van der Waals surface area contributed by atoms with Crippen LogP contribution in [0.5, 0.6) is 0 Å². The third kappa shape index (κ3) is 13.7. The number of rotatable bonds is 14. The molecule has 2 heterocycles. The topological polar surface area (TPSA) is 50.3 Å².